The number of nitrogens with zero attached hydrogens (tertiary/aromatic N) is 1. The number of fused-ring (bicyclic) bond motifs is 1. The second kappa shape index (κ2) is 7.93. The molecule has 0 N–H and O–H groups in total. The van der Waals surface area contributed by atoms with Crippen LogP contribution in [0.4, 0.5) is 0 Å². The summed E-state index contributed by atoms with van der Waals surface area (Å²) in [5.74, 6) is 2.68. The van der Waals surface area contributed by atoms with Gasteiger partial charge in [0, 0.05) is 24.4 Å². The van der Waals surface area contributed by atoms with E-state index in [2.05, 4.69) is 41.7 Å². The van der Waals surface area contributed by atoms with Crippen molar-refractivity contribution in [1.29, 1.82) is 0 Å². The maximum atomic E-state index is 10.4. The van der Waals surface area contributed by atoms with Crippen LogP contribution < -0.4 is 4.57 Å². The molecule has 0 spiro atoms. The minimum Gasteiger partial charge on any atom is -0.744 e. The summed E-state index contributed by atoms with van der Waals surface area (Å²) in [5, 5.41) is 1.23. The van der Waals surface area contributed by atoms with Gasteiger partial charge in [0.2, 0.25) is 12.1 Å². The second-order valence-electron chi connectivity index (χ2n) is 5.59. The lowest BCUT2D eigenvalue weighted by Gasteiger charge is -2.05. The first-order valence-corrected chi connectivity index (χ1v) is 9.08. The number of rotatable bonds is 2. The molecule has 0 aliphatic rings. The molecule has 0 atom stereocenters. The lowest BCUT2D eigenvalue weighted by atomic mass is 10.2. The third-order valence-corrected chi connectivity index (χ3v) is 4.57. The summed E-state index contributed by atoms with van der Waals surface area (Å²) in [4.78, 5) is -0.178. The average Bonchev–Trinajstić information content (AvgIpc) is 2.58. The highest BCUT2D eigenvalue weighted by atomic mass is 32.2. The minimum atomic E-state index is -4.27. The minimum absolute atomic E-state index is 0.178. The molecule has 0 saturated heterocycles. The SMILES string of the molecule is C#CC[n+]1c(C)ccc2ccccc21.Cc1ccc(S(=O)(=O)[O-])cc1. The van der Waals surface area contributed by atoms with Crippen molar-refractivity contribution >= 4 is 21.0 Å². The molecule has 3 rings (SSSR count). The van der Waals surface area contributed by atoms with Crippen molar-refractivity contribution < 1.29 is 17.5 Å². The first kappa shape index (κ1) is 18.7. The van der Waals surface area contributed by atoms with Gasteiger partial charge in [-0.05, 0) is 37.1 Å². The normalized spacial score (nSPS) is 10.6. The van der Waals surface area contributed by atoms with Crippen molar-refractivity contribution in [1.82, 2.24) is 0 Å². The fourth-order valence-corrected chi connectivity index (χ4v) is 2.84. The van der Waals surface area contributed by atoms with Crippen LogP contribution in [0.25, 0.3) is 10.9 Å². The molecule has 0 amide bonds. The highest BCUT2D eigenvalue weighted by Crippen LogP contribution is 2.10. The van der Waals surface area contributed by atoms with E-state index in [0.29, 0.717) is 6.54 Å². The number of pyridine rings is 1. The standard InChI is InChI=1S/C13H12N.C7H8O3S/c1-3-10-14-11(2)8-9-12-6-4-5-7-13(12)14;1-6-2-4-7(5-3-6)11(8,9)10/h1,4-9H,10H2,2H3;2-5H,1H3,(H,8,9,10)/q+1;/p-1. The highest BCUT2D eigenvalue weighted by Gasteiger charge is 2.09. The Bertz CT molecular complexity index is 1020. The molecule has 128 valence electrons. The number of terminal acetylenes is 1. The van der Waals surface area contributed by atoms with Crippen molar-refractivity contribution in [2.45, 2.75) is 25.3 Å². The van der Waals surface area contributed by atoms with Crippen molar-refractivity contribution in [3.05, 3.63) is 71.9 Å². The number of aryl methyl sites for hydroxylation is 2. The van der Waals surface area contributed by atoms with Gasteiger partial charge in [0.25, 0.3) is 0 Å². The number of hydrogen-bond donors (Lipinski definition) is 0. The molecular formula is C20H19NO3S. The molecule has 0 aliphatic heterocycles. The second-order valence-corrected chi connectivity index (χ2v) is 6.97. The number of benzene rings is 2. The molecule has 0 bridgehead atoms. The Morgan fingerprint density at radius 1 is 1.00 bits per heavy atom. The fourth-order valence-electron chi connectivity index (χ4n) is 2.37. The number of para-hydroxylation sites is 1. The van der Waals surface area contributed by atoms with Crippen LogP contribution in [0, 0.1) is 26.2 Å². The summed E-state index contributed by atoms with van der Waals surface area (Å²) in [5.41, 5.74) is 3.32. The van der Waals surface area contributed by atoms with Gasteiger partial charge in [-0.1, -0.05) is 29.8 Å². The summed E-state index contributed by atoms with van der Waals surface area (Å²) in [7, 11) is -4.27. The van der Waals surface area contributed by atoms with E-state index in [1.165, 1.54) is 28.7 Å². The summed E-state index contributed by atoms with van der Waals surface area (Å²) in [6.45, 7) is 4.53. The van der Waals surface area contributed by atoms with Gasteiger partial charge >= 0.3 is 0 Å². The lowest BCUT2D eigenvalue weighted by molar-refractivity contribution is -0.664. The molecule has 4 nitrogen and oxygen atoms in total. The Morgan fingerprint density at radius 3 is 2.24 bits per heavy atom. The molecule has 5 heteroatoms. The van der Waals surface area contributed by atoms with Crippen LogP contribution >= 0.6 is 0 Å². The fraction of sp³-hybridized carbons (Fsp3) is 0.150. The maximum Gasteiger partial charge on any atom is 0.213 e. The average molecular weight is 353 g/mol. The summed E-state index contributed by atoms with van der Waals surface area (Å²) in [6, 6.07) is 18.3. The van der Waals surface area contributed by atoms with Crippen molar-refractivity contribution in [3.8, 4) is 12.3 Å². The molecule has 1 heterocycles. The van der Waals surface area contributed by atoms with E-state index in [9.17, 15) is 13.0 Å². The van der Waals surface area contributed by atoms with Gasteiger partial charge in [-0.2, -0.15) is 4.57 Å². The topological polar surface area (TPSA) is 61.1 Å². The smallest absolute Gasteiger partial charge is 0.213 e. The van der Waals surface area contributed by atoms with E-state index in [0.717, 1.165) is 5.56 Å². The van der Waals surface area contributed by atoms with Gasteiger partial charge in [0.1, 0.15) is 10.1 Å². The molecule has 0 unspecified atom stereocenters. The molecular weight excluding hydrogens is 334 g/mol. The van der Waals surface area contributed by atoms with Crippen molar-refractivity contribution in [2.24, 2.45) is 0 Å². The summed E-state index contributed by atoms with van der Waals surface area (Å²) < 4.78 is 33.3. The number of hydrogen-bond acceptors (Lipinski definition) is 3. The maximum absolute atomic E-state index is 10.4. The molecule has 2 aromatic carbocycles. The van der Waals surface area contributed by atoms with Crippen LogP contribution in [-0.4, -0.2) is 13.0 Å². The molecule has 1 aromatic heterocycles. The Kier molecular flexibility index (Phi) is 5.92. The quantitative estimate of drug-likeness (QED) is 0.404. The van der Waals surface area contributed by atoms with Crippen LogP contribution in [0.5, 0.6) is 0 Å². The summed E-state index contributed by atoms with van der Waals surface area (Å²) >= 11 is 0. The monoisotopic (exact) mass is 353 g/mol. The zero-order chi connectivity index (χ0) is 18.4. The molecule has 0 radical (unpaired) electrons. The third kappa shape index (κ3) is 4.90. The molecule has 0 aliphatic carbocycles. The zero-order valence-electron chi connectivity index (χ0n) is 14.1. The molecule has 0 saturated carbocycles. The predicted octanol–water partition coefficient (Wildman–Crippen LogP) is 2.97. The van der Waals surface area contributed by atoms with Crippen LogP contribution in [-0.2, 0) is 16.7 Å². The van der Waals surface area contributed by atoms with E-state index in [-0.39, 0.29) is 4.90 Å². The van der Waals surface area contributed by atoms with Crippen LogP contribution in [0.2, 0.25) is 0 Å². The Hall–Kier alpha value is -2.68. The van der Waals surface area contributed by atoms with Crippen LogP contribution in [0.1, 0.15) is 11.3 Å². The first-order chi connectivity index (χ1) is 11.8. The number of aromatic nitrogens is 1. The summed E-state index contributed by atoms with van der Waals surface area (Å²) in [6.07, 6.45) is 5.35. The molecule has 25 heavy (non-hydrogen) atoms. The van der Waals surface area contributed by atoms with Gasteiger partial charge in [-0.15, -0.1) is 6.42 Å². The Morgan fingerprint density at radius 2 is 1.64 bits per heavy atom. The van der Waals surface area contributed by atoms with E-state index in [4.69, 9.17) is 6.42 Å². The Labute approximate surface area is 148 Å². The largest absolute Gasteiger partial charge is 0.744 e. The zero-order valence-corrected chi connectivity index (χ0v) is 15.0. The van der Waals surface area contributed by atoms with Gasteiger partial charge < -0.3 is 4.55 Å². The van der Waals surface area contributed by atoms with E-state index in [1.807, 2.05) is 19.1 Å². The van der Waals surface area contributed by atoms with Crippen molar-refractivity contribution in [3.63, 3.8) is 0 Å². The van der Waals surface area contributed by atoms with Gasteiger partial charge in [0.15, 0.2) is 5.69 Å². The highest BCUT2D eigenvalue weighted by molar-refractivity contribution is 7.85. The van der Waals surface area contributed by atoms with Crippen LogP contribution in [0.15, 0.2) is 65.6 Å². The Balaban J connectivity index is 0.000000186. The van der Waals surface area contributed by atoms with Gasteiger partial charge in [0.05, 0.1) is 4.90 Å². The predicted molar refractivity (Wildman–Crippen MR) is 96.9 cm³/mol. The van der Waals surface area contributed by atoms with Crippen molar-refractivity contribution in [2.75, 3.05) is 0 Å². The first-order valence-electron chi connectivity index (χ1n) is 7.67. The van der Waals surface area contributed by atoms with E-state index in [1.54, 1.807) is 12.1 Å². The third-order valence-electron chi connectivity index (χ3n) is 3.72. The molecule has 3 aromatic rings. The van der Waals surface area contributed by atoms with Crippen LogP contribution in [0.3, 0.4) is 0 Å². The lowest BCUT2D eigenvalue weighted by Crippen LogP contribution is -2.37. The van der Waals surface area contributed by atoms with E-state index >= 15 is 0 Å². The van der Waals surface area contributed by atoms with Gasteiger partial charge in [-0.3, -0.25) is 0 Å². The van der Waals surface area contributed by atoms with E-state index < -0.39 is 10.1 Å². The molecule has 0 fully saturated rings. The van der Waals surface area contributed by atoms with Gasteiger partial charge in [-0.25, -0.2) is 8.42 Å².